The predicted octanol–water partition coefficient (Wildman–Crippen LogP) is 1.99. The molecule has 0 aliphatic heterocycles. The Morgan fingerprint density at radius 3 is 2.41 bits per heavy atom. The number of rotatable bonds is 7. The lowest BCUT2D eigenvalue weighted by Gasteiger charge is -2.17. The highest BCUT2D eigenvalue weighted by Gasteiger charge is 2.33. The number of primary amides is 1. The molecule has 2 amide bonds. The van der Waals surface area contributed by atoms with Crippen LogP contribution in [0.1, 0.15) is 27.4 Å². The Kier molecular flexibility index (Phi) is 6.37. The van der Waals surface area contributed by atoms with Crippen LogP contribution in [-0.4, -0.2) is 38.4 Å². The van der Waals surface area contributed by atoms with Gasteiger partial charge in [0.05, 0.1) is 5.69 Å². The van der Waals surface area contributed by atoms with Crippen LogP contribution in [0.4, 0.5) is 13.2 Å². The molecule has 0 aliphatic carbocycles. The third-order valence-corrected chi connectivity index (χ3v) is 4.45. The zero-order chi connectivity index (χ0) is 23.5. The molecule has 8 nitrogen and oxygen atoms in total. The molecule has 32 heavy (non-hydrogen) atoms. The van der Waals surface area contributed by atoms with Gasteiger partial charge in [-0.3, -0.25) is 14.4 Å². The summed E-state index contributed by atoms with van der Waals surface area (Å²) in [5, 5.41) is 6.48. The molecule has 0 fully saturated rings. The van der Waals surface area contributed by atoms with Crippen LogP contribution in [0.25, 0.3) is 5.82 Å². The van der Waals surface area contributed by atoms with Crippen LogP contribution >= 0.6 is 0 Å². The average molecular weight is 445 g/mol. The number of benzene rings is 1. The second kappa shape index (κ2) is 9.00. The first kappa shape index (κ1) is 22.7. The van der Waals surface area contributed by atoms with Gasteiger partial charge in [-0.05, 0) is 30.7 Å². The van der Waals surface area contributed by atoms with Crippen molar-refractivity contribution in [3.63, 3.8) is 0 Å². The summed E-state index contributed by atoms with van der Waals surface area (Å²) in [5.74, 6) is -3.31. The summed E-state index contributed by atoms with van der Waals surface area (Å²) in [7, 11) is 0. The van der Waals surface area contributed by atoms with Crippen LogP contribution in [0.2, 0.25) is 0 Å². The van der Waals surface area contributed by atoms with E-state index in [-0.39, 0.29) is 17.9 Å². The summed E-state index contributed by atoms with van der Waals surface area (Å²) >= 11 is 0. The molecule has 0 radical (unpaired) electrons. The average Bonchev–Trinajstić information content (AvgIpc) is 3.15. The number of carbonyl (C=O) groups excluding carboxylic acids is 3. The van der Waals surface area contributed by atoms with Crippen molar-refractivity contribution in [3.8, 4) is 5.82 Å². The summed E-state index contributed by atoms with van der Waals surface area (Å²) in [6.07, 6.45) is -4.70. The van der Waals surface area contributed by atoms with E-state index in [2.05, 4.69) is 15.4 Å². The Morgan fingerprint density at radius 2 is 1.78 bits per heavy atom. The third-order valence-electron chi connectivity index (χ3n) is 4.45. The molecule has 2 aromatic heterocycles. The summed E-state index contributed by atoms with van der Waals surface area (Å²) < 4.78 is 40.1. The number of nitrogens with zero attached hydrogens (tertiary/aromatic N) is 3. The van der Waals surface area contributed by atoms with E-state index in [0.29, 0.717) is 11.3 Å². The van der Waals surface area contributed by atoms with Gasteiger partial charge in [0.25, 0.3) is 11.8 Å². The van der Waals surface area contributed by atoms with Crippen LogP contribution in [0.5, 0.6) is 0 Å². The molecule has 2 heterocycles. The maximum absolute atomic E-state index is 13.0. The minimum absolute atomic E-state index is 0.0106. The van der Waals surface area contributed by atoms with E-state index >= 15 is 0 Å². The first-order valence-corrected chi connectivity index (χ1v) is 9.36. The molecule has 0 spiro atoms. The van der Waals surface area contributed by atoms with Gasteiger partial charge < -0.3 is 11.1 Å². The van der Waals surface area contributed by atoms with Crippen molar-refractivity contribution in [2.75, 3.05) is 0 Å². The standard InChI is InChI=1S/C21H18F3N5O3/c1-12-10-15(29(28-12)17-9-5-8-16(27-17)21(22,23)24)20(32)26-14(18(30)19(25)31)11-13-6-3-2-4-7-13/h2-10,14H,11H2,1H3,(H2,25,31)(H,26,32). The van der Waals surface area contributed by atoms with Crippen LogP contribution in [0.3, 0.4) is 0 Å². The van der Waals surface area contributed by atoms with Gasteiger partial charge in [0, 0.05) is 6.42 Å². The lowest BCUT2D eigenvalue weighted by Crippen LogP contribution is -2.47. The molecule has 11 heteroatoms. The van der Waals surface area contributed by atoms with Gasteiger partial charge in [-0.15, -0.1) is 0 Å². The molecule has 3 aromatic rings. The van der Waals surface area contributed by atoms with Crippen molar-refractivity contribution in [2.45, 2.75) is 25.6 Å². The Balaban J connectivity index is 1.93. The third kappa shape index (κ3) is 5.17. The van der Waals surface area contributed by atoms with Crippen LogP contribution in [0.15, 0.2) is 54.6 Å². The molecule has 3 N–H and O–H groups in total. The van der Waals surface area contributed by atoms with E-state index in [1.807, 2.05) is 0 Å². The molecule has 166 valence electrons. The minimum Gasteiger partial charge on any atom is -0.363 e. The Morgan fingerprint density at radius 1 is 1.09 bits per heavy atom. The number of halogens is 3. The fraction of sp³-hybridized carbons (Fsp3) is 0.190. The highest BCUT2D eigenvalue weighted by atomic mass is 19.4. The highest BCUT2D eigenvalue weighted by molar-refractivity contribution is 6.38. The number of aryl methyl sites for hydroxylation is 1. The van der Waals surface area contributed by atoms with Crippen LogP contribution < -0.4 is 11.1 Å². The predicted molar refractivity (Wildman–Crippen MR) is 107 cm³/mol. The molecule has 1 unspecified atom stereocenters. The van der Waals surface area contributed by atoms with Crippen molar-refractivity contribution in [1.82, 2.24) is 20.1 Å². The second-order valence-corrected chi connectivity index (χ2v) is 6.91. The number of nitrogens with one attached hydrogen (secondary N) is 1. The maximum Gasteiger partial charge on any atom is 0.433 e. The van der Waals surface area contributed by atoms with Crippen LogP contribution in [-0.2, 0) is 22.2 Å². The normalized spacial score (nSPS) is 12.2. The molecule has 3 rings (SSSR count). The van der Waals surface area contributed by atoms with Gasteiger partial charge in [0.2, 0.25) is 5.78 Å². The second-order valence-electron chi connectivity index (χ2n) is 6.91. The Labute approximate surface area is 180 Å². The zero-order valence-corrected chi connectivity index (χ0v) is 16.8. The first-order valence-electron chi connectivity index (χ1n) is 9.36. The molecule has 1 aromatic carbocycles. The summed E-state index contributed by atoms with van der Waals surface area (Å²) in [6.45, 7) is 1.54. The van der Waals surface area contributed by atoms with Gasteiger partial charge in [0.15, 0.2) is 5.82 Å². The SMILES string of the molecule is Cc1cc(C(=O)NC(Cc2ccccc2)C(=O)C(N)=O)n(-c2cccc(C(F)(F)F)n2)n1. The summed E-state index contributed by atoms with van der Waals surface area (Å²) in [4.78, 5) is 40.2. The van der Waals surface area contributed by atoms with Crippen molar-refractivity contribution >= 4 is 17.6 Å². The van der Waals surface area contributed by atoms with E-state index in [9.17, 15) is 27.6 Å². The number of hydrogen-bond acceptors (Lipinski definition) is 5. The van der Waals surface area contributed by atoms with E-state index in [4.69, 9.17) is 5.73 Å². The topological polar surface area (TPSA) is 120 Å². The van der Waals surface area contributed by atoms with Gasteiger partial charge >= 0.3 is 6.18 Å². The largest absolute Gasteiger partial charge is 0.433 e. The molecule has 0 saturated heterocycles. The summed E-state index contributed by atoms with van der Waals surface area (Å²) in [5.41, 5.74) is 4.79. The number of alkyl halides is 3. The fourth-order valence-electron chi connectivity index (χ4n) is 3.00. The highest BCUT2D eigenvalue weighted by Crippen LogP contribution is 2.28. The van der Waals surface area contributed by atoms with Crippen molar-refractivity contribution in [1.29, 1.82) is 0 Å². The molecule has 0 aliphatic rings. The molecular weight excluding hydrogens is 427 g/mol. The van der Waals surface area contributed by atoms with E-state index in [0.717, 1.165) is 16.8 Å². The van der Waals surface area contributed by atoms with Gasteiger partial charge in [-0.2, -0.15) is 18.3 Å². The Bertz CT molecular complexity index is 1160. The smallest absolute Gasteiger partial charge is 0.363 e. The number of amides is 2. The van der Waals surface area contributed by atoms with Crippen molar-refractivity contribution in [2.24, 2.45) is 5.73 Å². The van der Waals surface area contributed by atoms with E-state index < -0.39 is 35.5 Å². The number of aromatic nitrogens is 3. The lowest BCUT2D eigenvalue weighted by atomic mass is 10.0. The maximum atomic E-state index is 13.0. The van der Waals surface area contributed by atoms with Gasteiger partial charge in [-0.1, -0.05) is 36.4 Å². The number of nitrogens with two attached hydrogens (primary N) is 1. The van der Waals surface area contributed by atoms with E-state index in [1.165, 1.54) is 19.1 Å². The number of Topliss-reactive ketones (excluding diaryl/α,β-unsaturated/α-hetero) is 1. The quantitative estimate of drug-likeness (QED) is 0.539. The number of hydrogen-bond donors (Lipinski definition) is 2. The number of ketones is 1. The first-order chi connectivity index (χ1) is 15.1. The van der Waals surface area contributed by atoms with Gasteiger partial charge in [0.1, 0.15) is 17.4 Å². The number of carbonyl (C=O) groups is 3. The minimum atomic E-state index is -4.69. The molecule has 0 saturated carbocycles. The van der Waals surface area contributed by atoms with Crippen molar-refractivity contribution in [3.05, 3.63) is 77.2 Å². The zero-order valence-electron chi connectivity index (χ0n) is 16.8. The van der Waals surface area contributed by atoms with E-state index in [1.54, 1.807) is 30.3 Å². The monoisotopic (exact) mass is 445 g/mol. The molecule has 1 atom stereocenters. The number of pyridine rings is 1. The van der Waals surface area contributed by atoms with Crippen molar-refractivity contribution < 1.29 is 27.6 Å². The lowest BCUT2D eigenvalue weighted by molar-refractivity contribution is -0.141. The fourth-order valence-corrected chi connectivity index (χ4v) is 3.00. The molecule has 0 bridgehead atoms. The summed E-state index contributed by atoms with van der Waals surface area (Å²) in [6, 6.07) is 11.8. The Hall–Kier alpha value is -4.02. The van der Waals surface area contributed by atoms with Crippen LogP contribution in [0, 0.1) is 6.92 Å². The molecular formula is C21H18F3N5O3. The van der Waals surface area contributed by atoms with Gasteiger partial charge in [-0.25, -0.2) is 9.67 Å².